The molecule has 0 unspecified atom stereocenters. The maximum atomic E-state index is 13.1. The first-order valence-corrected chi connectivity index (χ1v) is 13.0. The van der Waals surface area contributed by atoms with Crippen LogP contribution in [0.5, 0.6) is 0 Å². The molecule has 2 saturated carbocycles. The number of hydrogen-bond acceptors (Lipinski definition) is 2. The van der Waals surface area contributed by atoms with Crippen molar-refractivity contribution in [2.75, 3.05) is 23.7 Å². The highest BCUT2D eigenvalue weighted by molar-refractivity contribution is 5.92. The summed E-state index contributed by atoms with van der Waals surface area (Å²) in [7, 11) is 0. The Morgan fingerprint density at radius 2 is 1.03 bits per heavy atom. The van der Waals surface area contributed by atoms with Crippen molar-refractivity contribution in [3.8, 4) is 0 Å². The second-order valence-corrected chi connectivity index (χ2v) is 14.1. The maximum absolute atomic E-state index is 13.1. The largest absolute Gasteiger partial charge is 0.322 e. The normalized spacial score (nSPS) is 35.2. The average molecular weight is 467 g/mol. The first kappa shape index (κ1) is 23.5. The van der Waals surface area contributed by atoms with E-state index in [4.69, 9.17) is 0 Å². The Balaban J connectivity index is 1.19. The minimum absolute atomic E-state index is 0.0107. The highest BCUT2D eigenvalue weighted by Gasteiger charge is 2.52. The topological polar surface area (TPSA) is 64.7 Å². The number of amides is 4. The molecule has 0 spiro atoms. The molecular formula is C28H42N4O2. The van der Waals surface area contributed by atoms with Crippen LogP contribution in [-0.2, 0) is 0 Å². The number of carbonyl (C=O) groups excluding carboxylic acids is 2. The van der Waals surface area contributed by atoms with Gasteiger partial charge in [-0.25, -0.2) is 9.59 Å². The third-order valence-electron chi connectivity index (χ3n) is 8.74. The molecule has 4 amide bonds. The molecule has 0 aromatic heterocycles. The van der Waals surface area contributed by atoms with E-state index in [0.29, 0.717) is 12.1 Å². The van der Waals surface area contributed by atoms with Gasteiger partial charge in [-0.05, 0) is 84.5 Å². The van der Waals surface area contributed by atoms with Crippen LogP contribution in [0, 0.1) is 21.7 Å². The van der Waals surface area contributed by atoms with Crippen LogP contribution in [0.3, 0.4) is 0 Å². The number of nitrogens with zero attached hydrogens (tertiary/aromatic N) is 2. The molecule has 4 atom stereocenters. The summed E-state index contributed by atoms with van der Waals surface area (Å²) in [6.45, 7) is 15.6. The van der Waals surface area contributed by atoms with E-state index in [-0.39, 0.29) is 33.7 Å². The first-order chi connectivity index (χ1) is 15.7. The van der Waals surface area contributed by atoms with Gasteiger partial charge < -0.3 is 20.4 Å². The lowest BCUT2D eigenvalue weighted by Crippen LogP contribution is -2.40. The number of nitrogens with one attached hydrogen (secondary N) is 2. The molecule has 5 rings (SSSR count). The van der Waals surface area contributed by atoms with Gasteiger partial charge in [0.15, 0.2) is 0 Å². The summed E-state index contributed by atoms with van der Waals surface area (Å²) >= 11 is 0. The number of rotatable bonds is 2. The van der Waals surface area contributed by atoms with Crippen molar-refractivity contribution in [1.29, 1.82) is 0 Å². The Morgan fingerprint density at radius 3 is 1.38 bits per heavy atom. The van der Waals surface area contributed by atoms with E-state index in [9.17, 15) is 9.59 Å². The number of likely N-dealkylation sites (tertiary alicyclic amines) is 2. The van der Waals surface area contributed by atoms with Crippen molar-refractivity contribution < 1.29 is 9.59 Å². The molecule has 6 nitrogen and oxygen atoms in total. The van der Waals surface area contributed by atoms with Gasteiger partial charge in [0.25, 0.3) is 0 Å². The second kappa shape index (κ2) is 7.63. The van der Waals surface area contributed by atoms with Crippen LogP contribution in [0.15, 0.2) is 24.3 Å². The Bertz CT molecular complexity index is 908. The third kappa shape index (κ3) is 4.52. The molecule has 2 aliphatic carbocycles. The fourth-order valence-corrected chi connectivity index (χ4v) is 8.42. The van der Waals surface area contributed by atoms with E-state index in [2.05, 4.69) is 52.2 Å². The Morgan fingerprint density at radius 1 is 0.676 bits per heavy atom. The maximum Gasteiger partial charge on any atom is 0.322 e. The van der Waals surface area contributed by atoms with Crippen LogP contribution in [-0.4, -0.2) is 47.0 Å². The van der Waals surface area contributed by atoms with Crippen LogP contribution >= 0.6 is 0 Å². The second-order valence-electron chi connectivity index (χ2n) is 14.1. The summed E-state index contributed by atoms with van der Waals surface area (Å²) in [5, 5.41) is 6.17. The lowest BCUT2D eigenvalue weighted by atomic mass is 9.65. The van der Waals surface area contributed by atoms with E-state index in [1.54, 1.807) is 0 Å². The van der Waals surface area contributed by atoms with Gasteiger partial charge in [-0.1, -0.05) is 41.5 Å². The van der Waals surface area contributed by atoms with E-state index in [1.807, 2.05) is 34.1 Å². The highest BCUT2D eigenvalue weighted by Crippen LogP contribution is 2.53. The molecule has 4 aliphatic rings. The van der Waals surface area contributed by atoms with Crippen molar-refractivity contribution in [2.45, 2.75) is 92.2 Å². The van der Waals surface area contributed by atoms with Crippen LogP contribution in [0.1, 0.15) is 80.1 Å². The molecule has 6 heteroatoms. The van der Waals surface area contributed by atoms with Crippen molar-refractivity contribution in [3.63, 3.8) is 0 Å². The monoisotopic (exact) mass is 466 g/mol. The number of benzene rings is 1. The van der Waals surface area contributed by atoms with Crippen LogP contribution in [0.4, 0.5) is 21.0 Å². The highest BCUT2D eigenvalue weighted by atomic mass is 16.2. The van der Waals surface area contributed by atoms with Gasteiger partial charge in [-0.3, -0.25) is 0 Å². The standard InChI is InChI=1S/C28H42N4O2/c1-25(2)11-21-13-27(5,15-25)17-31(21)23(33)29-19-7-9-20(10-8-19)30-24(34)32-18-28(6)14-22(32)12-26(3,4)16-28/h7-10,21-22H,11-18H2,1-6H3,(H,29,33)(H,30,34)/t21-,22+,27-,28-/m0/s1. The van der Waals surface area contributed by atoms with Crippen LogP contribution in [0.2, 0.25) is 0 Å². The molecule has 2 heterocycles. The molecule has 2 saturated heterocycles. The number of fused-ring (bicyclic) bond motifs is 4. The average Bonchev–Trinajstić information content (AvgIpc) is 3.09. The quantitative estimate of drug-likeness (QED) is 0.519. The van der Waals surface area contributed by atoms with E-state index in [1.165, 1.54) is 12.8 Å². The molecule has 34 heavy (non-hydrogen) atoms. The minimum atomic E-state index is -0.0107. The molecule has 186 valence electrons. The summed E-state index contributed by atoms with van der Waals surface area (Å²) in [5.41, 5.74) is 2.54. The Kier molecular flexibility index (Phi) is 5.27. The SMILES string of the molecule is CC1(C)C[C@@H]2C[C@](C)(CN2C(=O)Nc2ccc(NC(=O)N3C[C@@]4(C)C[C@@H]3CC(C)(C)C4)cc2)C1. The minimum Gasteiger partial charge on any atom is -0.321 e. The van der Waals surface area contributed by atoms with Gasteiger partial charge in [0, 0.05) is 36.5 Å². The number of anilines is 2. The predicted octanol–water partition coefficient (Wildman–Crippen LogP) is 6.55. The van der Waals surface area contributed by atoms with E-state index < -0.39 is 0 Å². The molecule has 1 aromatic rings. The van der Waals surface area contributed by atoms with Crippen molar-refractivity contribution >= 4 is 23.4 Å². The third-order valence-corrected chi connectivity index (χ3v) is 8.74. The van der Waals surface area contributed by atoms with Gasteiger partial charge in [-0.2, -0.15) is 0 Å². The molecule has 4 fully saturated rings. The lowest BCUT2D eigenvalue weighted by Gasteiger charge is -2.39. The van der Waals surface area contributed by atoms with E-state index >= 15 is 0 Å². The molecule has 0 radical (unpaired) electrons. The van der Waals surface area contributed by atoms with Gasteiger partial charge in [0.1, 0.15) is 0 Å². The fourth-order valence-electron chi connectivity index (χ4n) is 8.42. The van der Waals surface area contributed by atoms with Gasteiger partial charge >= 0.3 is 12.1 Å². The van der Waals surface area contributed by atoms with Gasteiger partial charge in [0.05, 0.1) is 0 Å². The smallest absolute Gasteiger partial charge is 0.321 e. The first-order valence-electron chi connectivity index (χ1n) is 13.0. The summed E-state index contributed by atoms with van der Waals surface area (Å²) in [6, 6.07) is 8.15. The Labute approximate surface area is 204 Å². The zero-order valence-electron chi connectivity index (χ0n) is 21.8. The van der Waals surface area contributed by atoms with Crippen LogP contribution in [0.25, 0.3) is 0 Å². The summed E-state index contributed by atoms with van der Waals surface area (Å²) < 4.78 is 0. The van der Waals surface area contributed by atoms with E-state index in [0.717, 1.165) is 50.1 Å². The number of hydrogen-bond donors (Lipinski definition) is 2. The molecule has 2 N–H and O–H groups in total. The van der Waals surface area contributed by atoms with Gasteiger partial charge in [-0.15, -0.1) is 0 Å². The summed E-state index contributed by atoms with van der Waals surface area (Å²) in [4.78, 5) is 30.2. The van der Waals surface area contributed by atoms with Crippen LogP contribution < -0.4 is 10.6 Å². The zero-order chi connectivity index (χ0) is 24.5. The van der Waals surface area contributed by atoms with Crippen molar-refractivity contribution in [3.05, 3.63) is 24.3 Å². The lowest BCUT2D eigenvalue weighted by molar-refractivity contribution is 0.129. The number of carbonyl (C=O) groups is 2. The van der Waals surface area contributed by atoms with Gasteiger partial charge in [0.2, 0.25) is 0 Å². The fraction of sp³-hybridized carbons (Fsp3) is 0.714. The number of urea groups is 2. The molecule has 2 aliphatic heterocycles. The molecule has 4 bridgehead atoms. The summed E-state index contributed by atoms with van der Waals surface area (Å²) in [5.74, 6) is 0. The van der Waals surface area contributed by atoms with Crippen molar-refractivity contribution in [1.82, 2.24) is 9.80 Å². The molecule has 1 aromatic carbocycles. The Hall–Kier alpha value is -2.24. The van der Waals surface area contributed by atoms with Crippen molar-refractivity contribution in [2.24, 2.45) is 21.7 Å². The summed E-state index contributed by atoms with van der Waals surface area (Å²) in [6.07, 6.45) is 6.67. The zero-order valence-corrected chi connectivity index (χ0v) is 21.8. The molecular weight excluding hydrogens is 424 g/mol. The predicted molar refractivity (Wildman–Crippen MR) is 137 cm³/mol.